The second kappa shape index (κ2) is 3.04. The van der Waals surface area contributed by atoms with Crippen LogP contribution in [0.25, 0.3) is 0 Å². The number of halogens is 1. The number of allylic oxidation sites excluding steroid dienone is 3. The fourth-order valence-corrected chi connectivity index (χ4v) is 1.13. The van der Waals surface area contributed by atoms with Crippen LogP contribution in [0.1, 0.15) is 6.42 Å². The van der Waals surface area contributed by atoms with Crippen molar-refractivity contribution in [2.75, 3.05) is 6.54 Å². The third-order valence-electron chi connectivity index (χ3n) is 1.37. The zero-order valence-electron chi connectivity index (χ0n) is 5.18. The Kier molecular flexibility index (Phi) is 2.31. The van der Waals surface area contributed by atoms with E-state index in [9.17, 15) is 0 Å². The summed E-state index contributed by atoms with van der Waals surface area (Å²) in [6, 6.07) is 0. The van der Waals surface area contributed by atoms with Crippen LogP contribution in [0.3, 0.4) is 0 Å². The van der Waals surface area contributed by atoms with E-state index < -0.39 is 0 Å². The lowest BCUT2D eigenvalue weighted by atomic mass is 10.1. The van der Waals surface area contributed by atoms with Gasteiger partial charge in [-0.25, -0.2) is 0 Å². The molecule has 0 saturated carbocycles. The molecule has 0 saturated heterocycles. The van der Waals surface area contributed by atoms with Gasteiger partial charge in [0.2, 0.25) is 0 Å². The van der Waals surface area contributed by atoms with Crippen molar-refractivity contribution >= 4 is 11.6 Å². The molecule has 1 aliphatic rings. The first kappa shape index (κ1) is 6.84. The Balaban J connectivity index is 2.55. The minimum atomic E-state index is 0.161. The smallest absolute Gasteiger partial charge is 0.0556 e. The Labute approximate surface area is 60.2 Å². The summed E-state index contributed by atoms with van der Waals surface area (Å²) in [5.74, 6) is 0. The van der Waals surface area contributed by atoms with Crippen LogP contribution in [0.2, 0.25) is 0 Å². The molecule has 9 heavy (non-hydrogen) atoms. The van der Waals surface area contributed by atoms with E-state index in [4.69, 9.17) is 17.3 Å². The van der Waals surface area contributed by atoms with Crippen molar-refractivity contribution in [2.45, 2.75) is 11.8 Å². The summed E-state index contributed by atoms with van der Waals surface area (Å²) >= 11 is 5.81. The lowest BCUT2D eigenvalue weighted by Gasteiger charge is -2.09. The molecule has 1 aliphatic carbocycles. The first-order valence-corrected chi connectivity index (χ1v) is 3.47. The van der Waals surface area contributed by atoms with Crippen molar-refractivity contribution in [1.29, 1.82) is 0 Å². The molecule has 1 nitrogen and oxygen atoms in total. The van der Waals surface area contributed by atoms with Gasteiger partial charge in [0.25, 0.3) is 0 Å². The lowest BCUT2D eigenvalue weighted by Crippen LogP contribution is -2.09. The van der Waals surface area contributed by atoms with E-state index in [0.717, 1.165) is 6.42 Å². The highest BCUT2D eigenvalue weighted by Crippen LogP contribution is 2.15. The van der Waals surface area contributed by atoms with Crippen LogP contribution in [0.5, 0.6) is 0 Å². The lowest BCUT2D eigenvalue weighted by molar-refractivity contribution is 0.922. The summed E-state index contributed by atoms with van der Waals surface area (Å²) in [4.78, 5) is 0. The van der Waals surface area contributed by atoms with E-state index in [1.807, 2.05) is 18.2 Å². The van der Waals surface area contributed by atoms with E-state index >= 15 is 0 Å². The maximum Gasteiger partial charge on any atom is 0.0556 e. The van der Waals surface area contributed by atoms with E-state index in [1.54, 1.807) is 0 Å². The Morgan fingerprint density at radius 2 is 2.56 bits per heavy atom. The average molecular weight is 144 g/mol. The number of hydrogen-bond acceptors (Lipinski definition) is 1. The van der Waals surface area contributed by atoms with Gasteiger partial charge in [-0.05, 0) is 6.42 Å². The van der Waals surface area contributed by atoms with Crippen molar-refractivity contribution in [3.8, 4) is 0 Å². The van der Waals surface area contributed by atoms with Crippen LogP contribution in [0, 0.1) is 0 Å². The monoisotopic (exact) mass is 143 g/mol. The van der Waals surface area contributed by atoms with Gasteiger partial charge in [0, 0.05) is 6.54 Å². The molecular weight excluding hydrogens is 134 g/mol. The largest absolute Gasteiger partial charge is 0.327 e. The van der Waals surface area contributed by atoms with Crippen LogP contribution in [0.15, 0.2) is 23.8 Å². The molecule has 1 atom stereocenters. The zero-order valence-corrected chi connectivity index (χ0v) is 5.93. The molecule has 0 aliphatic heterocycles. The minimum Gasteiger partial charge on any atom is -0.327 e. The summed E-state index contributed by atoms with van der Waals surface area (Å²) in [6.45, 7) is 0.632. The third-order valence-corrected chi connectivity index (χ3v) is 1.67. The molecule has 2 heteroatoms. The van der Waals surface area contributed by atoms with Gasteiger partial charge in [0.15, 0.2) is 0 Å². The standard InChI is InChI=1S/C7H10ClN/c8-7-3-1-2-6(4-7)5-9/h1-3,7H,4-5,9H2. The molecule has 0 aromatic heterocycles. The molecule has 1 unspecified atom stereocenters. The normalized spacial score (nSPS) is 26.0. The summed E-state index contributed by atoms with van der Waals surface area (Å²) < 4.78 is 0. The van der Waals surface area contributed by atoms with Crippen molar-refractivity contribution < 1.29 is 0 Å². The van der Waals surface area contributed by atoms with Gasteiger partial charge in [-0.15, -0.1) is 11.6 Å². The van der Waals surface area contributed by atoms with Crippen molar-refractivity contribution in [3.05, 3.63) is 23.8 Å². The molecule has 2 N–H and O–H groups in total. The molecule has 0 heterocycles. The summed E-state index contributed by atoms with van der Waals surface area (Å²) in [5.41, 5.74) is 6.64. The van der Waals surface area contributed by atoms with E-state index in [0.29, 0.717) is 6.54 Å². The van der Waals surface area contributed by atoms with Gasteiger partial charge in [-0.3, -0.25) is 0 Å². The predicted octanol–water partition coefficient (Wildman–Crippen LogP) is 1.44. The summed E-state index contributed by atoms with van der Waals surface area (Å²) in [5, 5.41) is 0.161. The minimum absolute atomic E-state index is 0.161. The van der Waals surface area contributed by atoms with Crippen molar-refractivity contribution in [3.63, 3.8) is 0 Å². The fourth-order valence-electron chi connectivity index (χ4n) is 0.850. The first-order chi connectivity index (χ1) is 4.33. The maximum absolute atomic E-state index is 5.81. The van der Waals surface area contributed by atoms with Crippen molar-refractivity contribution in [1.82, 2.24) is 0 Å². The van der Waals surface area contributed by atoms with Gasteiger partial charge in [-0.2, -0.15) is 0 Å². The molecule has 0 aromatic carbocycles. The molecule has 50 valence electrons. The number of hydrogen-bond donors (Lipinski definition) is 1. The summed E-state index contributed by atoms with van der Waals surface area (Å²) in [6.07, 6.45) is 6.87. The Morgan fingerprint density at radius 1 is 1.78 bits per heavy atom. The summed E-state index contributed by atoms with van der Waals surface area (Å²) in [7, 11) is 0. The van der Waals surface area contributed by atoms with Gasteiger partial charge in [0.05, 0.1) is 5.38 Å². The molecule has 1 rings (SSSR count). The zero-order chi connectivity index (χ0) is 6.69. The average Bonchev–Trinajstić information content (AvgIpc) is 1.88. The van der Waals surface area contributed by atoms with Gasteiger partial charge in [0.1, 0.15) is 0 Å². The Bertz CT molecular complexity index is 149. The van der Waals surface area contributed by atoms with Gasteiger partial charge >= 0.3 is 0 Å². The maximum atomic E-state index is 5.81. The van der Waals surface area contributed by atoms with Crippen LogP contribution in [-0.4, -0.2) is 11.9 Å². The fraction of sp³-hybridized carbons (Fsp3) is 0.429. The van der Waals surface area contributed by atoms with Crippen molar-refractivity contribution in [2.24, 2.45) is 5.73 Å². The second-order valence-electron chi connectivity index (χ2n) is 2.13. The highest BCUT2D eigenvalue weighted by atomic mass is 35.5. The Hall–Kier alpha value is -0.270. The highest BCUT2D eigenvalue weighted by Gasteiger charge is 2.05. The number of rotatable bonds is 1. The quantitative estimate of drug-likeness (QED) is 0.553. The molecule has 0 amide bonds. The SMILES string of the molecule is NCC1=CC=CC(Cl)C1. The molecule has 0 spiro atoms. The topological polar surface area (TPSA) is 26.0 Å². The highest BCUT2D eigenvalue weighted by molar-refractivity contribution is 6.22. The van der Waals surface area contributed by atoms with E-state index in [2.05, 4.69) is 0 Å². The molecular formula is C7H10ClN. The second-order valence-corrected chi connectivity index (χ2v) is 2.69. The number of nitrogens with two attached hydrogens (primary N) is 1. The van der Waals surface area contributed by atoms with E-state index in [1.165, 1.54) is 5.57 Å². The Morgan fingerprint density at radius 3 is 3.00 bits per heavy atom. The third kappa shape index (κ3) is 1.84. The molecule has 0 bridgehead atoms. The van der Waals surface area contributed by atoms with Gasteiger partial charge < -0.3 is 5.73 Å². The molecule has 0 radical (unpaired) electrons. The first-order valence-electron chi connectivity index (χ1n) is 3.03. The molecule has 0 aromatic rings. The number of alkyl halides is 1. The van der Waals surface area contributed by atoms with Crippen LogP contribution in [-0.2, 0) is 0 Å². The molecule has 0 fully saturated rings. The predicted molar refractivity (Wildman–Crippen MR) is 40.5 cm³/mol. The van der Waals surface area contributed by atoms with Crippen LogP contribution < -0.4 is 5.73 Å². The van der Waals surface area contributed by atoms with Gasteiger partial charge in [-0.1, -0.05) is 23.8 Å². The van der Waals surface area contributed by atoms with E-state index in [-0.39, 0.29) is 5.38 Å². The van der Waals surface area contributed by atoms with Crippen LogP contribution >= 0.6 is 11.6 Å². The van der Waals surface area contributed by atoms with Crippen LogP contribution in [0.4, 0.5) is 0 Å².